The number of anilines is 1. The molecule has 0 saturated heterocycles. The number of para-hydroxylation sites is 1. The molecule has 0 atom stereocenters. The zero-order valence-electron chi connectivity index (χ0n) is 21.9. The van der Waals surface area contributed by atoms with E-state index in [0.717, 1.165) is 44.9 Å². The highest BCUT2D eigenvalue weighted by atomic mass is 16.6. The fraction of sp³-hybridized carbons (Fsp3) is 0.194. The maximum Gasteiger partial charge on any atom is 0.302 e. The number of amides is 1. The predicted molar refractivity (Wildman–Crippen MR) is 148 cm³/mol. The average molecular weight is 525 g/mol. The predicted octanol–water partition coefficient (Wildman–Crippen LogP) is 5.54. The second-order valence-corrected chi connectivity index (χ2v) is 8.94. The number of pyridine rings is 1. The molecule has 1 N–H and O–H groups in total. The van der Waals surface area contributed by atoms with Gasteiger partial charge in [-0.05, 0) is 65.2 Å². The summed E-state index contributed by atoms with van der Waals surface area (Å²) in [5, 5.41) is 3.02. The topological polar surface area (TPSA) is 96.0 Å². The van der Waals surface area contributed by atoms with Gasteiger partial charge in [0.15, 0.2) is 11.5 Å². The molecule has 0 unspecified atom stereocenters. The molecule has 0 bridgehead atoms. The van der Waals surface area contributed by atoms with E-state index in [1.54, 1.807) is 14.2 Å². The number of esters is 1. The van der Waals surface area contributed by atoms with Crippen molar-refractivity contribution in [2.45, 2.75) is 13.3 Å². The van der Waals surface area contributed by atoms with Gasteiger partial charge >= 0.3 is 5.97 Å². The van der Waals surface area contributed by atoms with Gasteiger partial charge < -0.3 is 24.3 Å². The van der Waals surface area contributed by atoms with Crippen LogP contribution >= 0.6 is 0 Å². The molecule has 0 fully saturated rings. The van der Waals surface area contributed by atoms with Crippen LogP contribution in [-0.4, -0.2) is 44.3 Å². The lowest BCUT2D eigenvalue weighted by atomic mass is 9.92. The Balaban J connectivity index is 1.61. The van der Waals surface area contributed by atoms with E-state index in [-0.39, 0.29) is 31.5 Å². The molecular weight excluding hydrogens is 496 g/mol. The van der Waals surface area contributed by atoms with Crippen LogP contribution in [0.25, 0.3) is 33.6 Å². The number of benzene rings is 3. The van der Waals surface area contributed by atoms with Crippen LogP contribution in [0.5, 0.6) is 17.2 Å². The van der Waals surface area contributed by atoms with Gasteiger partial charge in [0.2, 0.25) is 5.91 Å². The van der Waals surface area contributed by atoms with E-state index in [1.807, 2.05) is 72.8 Å². The Morgan fingerprint density at radius 2 is 1.62 bits per heavy atom. The second-order valence-electron chi connectivity index (χ2n) is 8.94. The Hall–Kier alpha value is -4.85. The number of carbonyl (C=O) groups excluding carboxylic acids is 2. The maximum absolute atomic E-state index is 12.9. The molecule has 1 amide bonds. The minimum atomic E-state index is -0.341. The molecule has 39 heavy (non-hydrogen) atoms. The van der Waals surface area contributed by atoms with Gasteiger partial charge in [0.25, 0.3) is 0 Å². The molecule has 8 heteroatoms. The number of methoxy groups -OCH3 is 2. The van der Waals surface area contributed by atoms with E-state index in [1.165, 1.54) is 6.92 Å². The summed E-state index contributed by atoms with van der Waals surface area (Å²) in [6.45, 7) is 1.81. The van der Waals surface area contributed by atoms with Crippen molar-refractivity contribution in [3.05, 3.63) is 78.4 Å². The largest absolute Gasteiger partial charge is 0.493 e. The van der Waals surface area contributed by atoms with E-state index in [0.29, 0.717) is 17.2 Å². The number of rotatable bonds is 8. The molecule has 0 radical (unpaired) electrons. The molecule has 2 heterocycles. The molecule has 0 spiro atoms. The van der Waals surface area contributed by atoms with Crippen molar-refractivity contribution in [2.24, 2.45) is 0 Å². The van der Waals surface area contributed by atoms with Crippen molar-refractivity contribution in [3.8, 4) is 50.9 Å². The Kier molecular flexibility index (Phi) is 7.45. The number of nitrogens with zero attached hydrogens (tertiary/aromatic N) is 1. The lowest BCUT2D eigenvalue weighted by Crippen LogP contribution is -2.13. The molecule has 198 valence electrons. The van der Waals surface area contributed by atoms with Gasteiger partial charge in [0.1, 0.15) is 19.0 Å². The van der Waals surface area contributed by atoms with Gasteiger partial charge in [-0.2, -0.15) is 0 Å². The average Bonchev–Trinajstić information content (AvgIpc) is 3.10. The van der Waals surface area contributed by atoms with Crippen LogP contribution in [0.2, 0.25) is 0 Å². The number of carbonyl (C=O) groups is 2. The van der Waals surface area contributed by atoms with Crippen molar-refractivity contribution >= 4 is 17.6 Å². The lowest BCUT2D eigenvalue weighted by Gasteiger charge is -2.17. The van der Waals surface area contributed by atoms with Crippen LogP contribution in [0.1, 0.15) is 12.5 Å². The number of aromatic nitrogens is 1. The summed E-state index contributed by atoms with van der Waals surface area (Å²) in [6.07, 6.45) is 0.177. The summed E-state index contributed by atoms with van der Waals surface area (Å²) in [4.78, 5) is 28.9. The Bertz CT molecular complexity index is 1530. The first kappa shape index (κ1) is 25.8. The summed E-state index contributed by atoms with van der Waals surface area (Å²) in [5.74, 6) is 1.42. The number of hydrogen-bond acceptors (Lipinski definition) is 7. The van der Waals surface area contributed by atoms with Crippen molar-refractivity contribution in [1.82, 2.24) is 4.98 Å². The zero-order chi connectivity index (χ0) is 27.4. The van der Waals surface area contributed by atoms with Crippen molar-refractivity contribution in [2.75, 3.05) is 32.8 Å². The fourth-order valence-corrected chi connectivity index (χ4v) is 4.60. The summed E-state index contributed by atoms with van der Waals surface area (Å²) < 4.78 is 21.6. The molecule has 3 aromatic carbocycles. The number of fused-ring (bicyclic) bond motifs is 3. The molecular formula is C31H28N2O6. The highest BCUT2D eigenvalue weighted by Gasteiger charge is 2.25. The molecule has 4 aromatic rings. The maximum atomic E-state index is 12.9. The SMILES string of the molecule is COc1ccc(-c2cc(-c3ccc(OCCOC(C)=O)cc3)nc3c2CC(=O)Nc2ccccc2-3)cc1OC. The highest BCUT2D eigenvalue weighted by molar-refractivity contribution is 6.02. The first-order valence-electron chi connectivity index (χ1n) is 12.5. The van der Waals surface area contributed by atoms with Gasteiger partial charge in [-0.15, -0.1) is 0 Å². The first-order valence-corrected chi connectivity index (χ1v) is 12.5. The van der Waals surface area contributed by atoms with Crippen molar-refractivity contribution in [1.29, 1.82) is 0 Å². The minimum absolute atomic E-state index is 0.104. The molecule has 8 nitrogen and oxygen atoms in total. The molecule has 1 aliphatic rings. The van der Waals surface area contributed by atoms with E-state index in [9.17, 15) is 9.59 Å². The normalized spacial score (nSPS) is 11.9. The summed E-state index contributed by atoms with van der Waals surface area (Å²) >= 11 is 0. The number of nitrogens with one attached hydrogen (secondary N) is 1. The van der Waals surface area contributed by atoms with Crippen LogP contribution in [0, 0.1) is 0 Å². The fourth-order valence-electron chi connectivity index (χ4n) is 4.60. The summed E-state index contributed by atoms with van der Waals surface area (Å²) in [6, 6.07) is 23.0. The standard InChI is InChI=1S/C31H28N2O6/c1-19(34)38-14-15-39-22-11-8-20(9-12-22)27-17-24(21-10-13-28(36-2)29(16-21)37-3)25-18-30(35)32-26-7-5-4-6-23(26)31(25)33-27/h4-13,16-17H,14-15,18H2,1-3H3,(H,32,35). The van der Waals surface area contributed by atoms with Gasteiger partial charge in [0.05, 0.1) is 37.7 Å². The molecule has 0 saturated carbocycles. The van der Waals surface area contributed by atoms with Gasteiger partial charge in [-0.3, -0.25) is 9.59 Å². The molecule has 0 aliphatic carbocycles. The highest BCUT2D eigenvalue weighted by Crippen LogP contribution is 2.41. The minimum Gasteiger partial charge on any atom is -0.493 e. The third-order valence-corrected chi connectivity index (χ3v) is 6.42. The second kappa shape index (κ2) is 11.3. The lowest BCUT2D eigenvalue weighted by molar-refractivity contribution is -0.141. The molecule has 1 aliphatic heterocycles. The third-order valence-electron chi connectivity index (χ3n) is 6.42. The Morgan fingerprint density at radius 3 is 2.36 bits per heavy atom. The van der Waals surface area contributed by atoms with Crippen LogP contribution in [-0.2, 0) is 20.7 Å². The summed E-state index contributed by atoms with van der Waals surface area (Å²) in [7, 11) is 3.19. The van der Waals surface area contributed by atoms with Crippen LogP contribution in [0.4, 0.5) is 5.69 Å². The van der Waals surface area contributed by atoms with Crippen LogP contribution in [0.15, 0.2) is 72.8 Å². The zero-order valence-corrected chi connectivity index (χ0v) is 21.9. The monoisotopic (exact) mass is 524 g/mol. The summed E-state index contributed by atoms with van der Waals surface area (Å²) in [5.41, 5.74) is 6.54. The molecule has 5 rings (SSSR count). The molecule has 1 aromatic heterocycles. The van der Waals surface area contributed by atoms with Crippen LogP contribution < -0.4 is 19.5 Å². The van der Waals surface area contributed by atoms with Crippen LogP contribution in [0.3, 0.4) is 0 Å². The van der Waals surface area contributed by atoms with Gasteiger partial charge in [-0.1, -0.05) is 24.3 Å². The van der Waals surface area contributed by atoms with E-state index >= 15 is 0 Å². The van der Waals surface area contributed by atoms with E-state index in [2.05, 4.69) is 5.32 Å². The van der Waals surface area contributed by atoms with Gasteiger partial charge in [0, 0.05) is 18.1 Å². The van der Waals surface area contributed by atoms with Crippen molar-refractivity contribution < 1.29 is 28.5 Å². The van der Waals surface area contributed by atoms with E-state index in [4.69, 9.17) is 23.9 Å². The smallest absolute Gasteiger partial charge is 0.302 e. The third kappa shape index (κ3) is 5.55. The van der Waals surface area contributed by atoms with Crippen molar-refractivity contribution in [3.63, 3.8) is 0 Å². The Labute approximate surface area is 226 Å². The van der Waals surface area contributed by atoms with Gasteiger partial charge in [-0.25, -0.2) is 4.98 Å². The first-order chi connectivity index (χ1) is 19.0. The number of hydrogen-bond donors (Lipinski definition) is 1. The quantitative estimate of drug-likeness (QED) is 0.239. The Morgan fingerprint density at radius 1 is 0.872 bits per heavy atom. The number of ether oxygens (including phenoxy) is 4. The van der Waals surface area contributed by atoms with E-state index < -0.39 is 0 Å².